The van der Waals surface area contributed by atoms with Crippen molar-refractivity contribution in [3.05, 3.63) is 35.9 Å². The Morgan fingerprint density at radius 1 is 1.04 bits per heavy atom. The van der Waals surface area contributed by atoms with Gasteiger partial charge >= 0.3 is 0 Å². The largest absolute Gasteiger partial charge is 0.339 e. The number of carbonyl (C=O) groups is 3. The van der Waals surface area contributed by atoms with E-state index >= 15 is 0 Å². The highest BCUT2D eigenvalue weighted by atomic mass is 16.2. The van der Waals surface area contributed by atoms with Gasteiger partial charge in [-0.3, -0.25) is 14.4 Å². The number of benzene rings is 1. The van der Waals surface area contributed by atoms with Crippen LogP contribution in [0.5, 0.6) is 0 Å². The maximum Gasteiger partial charge on any atom is 0.228 e. The number of nitrogens with zero attached hydrogens (tertiary/aromatic N) is 3. The molecular formula is C21H29N3O3. The van der Waals surface area contributed by atoms with E-state index in [4.69, 9.17) is 0 Å². The molecule has 6 nitrogen and oxygen atoms in total. The van der Waals surface area contributed by atoms with Gasteiger partial charge in [-0.2, -0.15) is 0 Å². The van der Waals surface area contributed by atoms with Gasteiger partial charge < -0.3 is 14.7 Å². The zero-order valence-corrected chi connectivity index (χ0v) is 16.1. The average molecular weight is 371 g/mol. The van der Waals surface area contributed by atoms with Gasteiger partial charge in [0.15, 0.2) is 0 Å². The first-order chi connectivity index (χ1) is 13.1. The van der Waals surface area contributed by atoms with Crippen molar-refractivity contribution in [1.82, 2.24) is 14.7 Å². The zero-order valence-electron chi connectivity index (χ0n) is 16.1. The molecule has 2 aliphatic rings. The van der Waals surface area contributed by atoms with Crippen molar-refractivity contribution in [3.63, 3.8) is 0 Å². The van der Waals surface area contributed by atoms with E-state index in [1.54, 1.807) is 4.90 Å². The zero-order chi connectivity index (χ0) is 19.2. The molecule has 6 heteroatoms. The third-order valence-corrected chi connectivity index (χ3v) is 5.47. The van der Waals surface area contributed by atoms with Crippen LogP contribution in [0.25, 0.3) is 0 Å². The average Bonchev–Trinajstić information content (AvgIpc) is 3.06. The fourth-order valence-electron chi connectivity index (χ4n) is 3.81. The Balaban J connectivity index is 1.49. The van der Waals surface area contributed by atoms with Crippen LogP contribution in [0.4, 0.5) is 0 Å². The van der Waals surface area contributed by atoms with Crippen LogP contribution < -0.4 is 0 Å². The molecule has 3 amide bonds. The summed E-state index contributed by atoms with van der Waals surface area (Å²) in [6.07, 6.45) is 2.82. The van der Waals surface area contributed by atoms with Crippen LogP contribution >= 0.6 is 0 Å². The first-order valence-electron chi connectivity index (χ1n) is 9.96. The fourth-order valence-corrected chi connectivity index (χ4v) is 3.81. The molecule has 2 aliphatic heterocycles. The summed E-state index contributed by atoms with van der Waals surface area (Å²) in [4.78, 5) is 42.7. The molecule has 1 aromatic carbocycles. The van der Waals surface area contributed by atoms with Crippen LogP contribution in [0.2, 0.25) is 0 Å². The fraction of sp³-hybridized carbons (Fsp3) is 0.571. The molecule has 146 valence electrons. The Kier molecular flexibility index (Phi) is 6.48. The van der Waals surface area contributed by atoms with Crippen LogP contribution in [-0.4, -0.2) is 65.1 Å². The number of hydrogen-bond acceptors (Lipinski definition) is 3. The molecule has 1 atom stereocenters. The molecule has 1 unspecified atom stereocenters. The Morgan fingerprint density at radius 3 is 2.37 bits per heavy atom. The molecule has 2 heterocycles. The van der Waals surface area contributed by atoms with Gasteiger partial charge in [0, 0.05) is 52.1 Å². The predicted molar refractivity (Wildman–Crippen MR) is 103 cm³/mol. The van der Waals surface area contributed by atoms with Crippen molar-refractivity contribution in [3.8, 4) is 0 Å². The van der Waals surface area contributed by atoms with Crippen LogP contribution in [0.3, 0.4) is 0 Å². The second kappa shape index (κ2) is 9.02. The summed E-state index contributed by atoms with van der Waals surface area (Å²) in [6.45, 7) is 5.46. The molecular weight excluding hydrogens is 342 g/mol. The lowest BCUT2D eigenvalue weighted by Gasteiger charge is -2.36. The minimum atomic E-state index is -0.261. The highest BCUT2D eigenvalue weighted by molar-refractivity contribution is 5.89. The highest BCUT2D eigenvalue weighted by Crippen LogP contribution is 2.23. The maximum absolute atomic E-state index is 12.8. The van der Waals surface area contributed by atoms with Crippen LogP contribution in [-0.2, 0) is 20.9 Å². The Hall–Kier alpha value is -2.37. The van der Waals surface area contributed by atoms with Gasteiger partial charge in [0.2, 0.25) is 17.7 Å². The van der Waals surface area contributed by atoms with Crippen molar-refractivity contribution in [2.75, 3.05) is 32.7 Å². The van der Waals surface area contributed by atoms with Crippen LogP contribution in [0.15, 0.2) is 30.3 Å². The predicted octanol–water partition coefficient (Wildman–Crippen LogP) is 1.90. The second-order valence-electron chi connectivity index (χ2n) is 7.47. The summed E-state index contributed by atoms with van der Waals surface area (Å²) in [6, 6.07) is 9.86. The lowest BCUT2D eigenvalue weighted by Crippen LogP contribution is -2.52. The number of hydrogen-bond donors (Lipinski definition) is 0. The standard InChI is InChI=1S/C21H29N3O3/c1-2-3-9-19(25)22-10-12-23(13-11-22)21(27)18-14-20(26)24(16-18)15-17-7-5-4-6-8-17/h4-8,18H,2-3,9-16H2,1H3. The first kappa shape index (κ1) is 19.4. The molecule has 0 aliphatic carbocycles. The number of rotatable bonds is 6. The van der Waals surface area contributed by atoms with E-state index in [0.717, 1.165) is 18.4 Å². The molecule has 0 saturated carbocycles. The molecule has 2 fully saturated rings. The van der Waals surface area contributed by atoms with Crippen molar-refractivity contribution in [1.29, 1.82) is 0 Å². The summed E-state index contributed by atoms with van der Waals surface area (Å²) in [5.41, 5.74) is 1.08. The maximum atomic E-state index is 12.8. The minimum absolute atomic E-state index is 0.0468. The van der Waals surface area contributed by atoms with Gasteiger partial charge in [0.1, 0.15) is 0 Å². The molecule has 3 rings (SSSR count). The van der Waals surface area contributed by atoms with Crippen LogP contribution in [0.1, 0.15) is 38.2 Å². The Morgan fingerprint density at radius 2 is 1.70 bits per heavy atom. The Labute approximate surface area is 161 Å². The number of amides is 3. The van der Waals surface area contributed by atoms with E-state index < -0.39 is 0 Å². The molecule has 27 heavy (non-hydrogen) atoms. The number of likely N-dealkylation sites (tertiary alicyclic amines) is 1. The summed E-state index contributed by atoms with van der Waals surface area (Å²) < 4.78 is 0. The van der Waals surface area contributed by atoms with Gasteiger partial charge in [0.05, 0.1) is 5.92 Å². The Bertz CT molecular complexity index is 669. The molecule has 2 saturated heterocycles. The van der Waals surface area contributed by atoms with Gasteiger partial charge in [-0.15, -0.1) is 0 Å². The van der Waals surface area contributed by atoms with Crippen LogP contribution in [0, 0.1) is 5.92 Å². The summed E-state index contributed by atoms with van der Waals surface area (Å²) >= 11 is 0. The van der Waals surface area contributed by atoms with E-state index in [9.17, 15) is 14.4 Å². The molecule has 0 spiro atoms. The summed E-state index contributed by atoms with van der Waals surface area (Å²) in [5.74, 6) is 0.0303. The normalized spacial score (nSPS) is 20.3. The number of carbonyl (C=O) groups excluding carboxylic acids is 3. The lowest BCUT2D eigenvalue weighted by atomic mass is 10.1. The van der Waals surface area contributed by atoms with E-state index in [2.05, 4.69) is 6.92 Å². The summed E-state index contributed by atoms with van der Waals surface area (Å²) in [7, 11) is 0. The van der Waals surface area contributed by atoms with Gasteiger partial charge in [-0.05, 0) is 12.0 Å². The van der Waals surface area contributed by atoms with E-state index in [-0.39, 0.29) is 23.6 Å². The van der Waals surface area contributed by atoms with Gasteiger partial charge in [-0.1, -0.05) is 43.7 Å². The monoisotopic (exact) mass is 371 g/mol. The number of piperazine rings is 1. The molecule has 0 radical (unpaired) electrons. The third-order valence-electron chi connectivity index (χ3n) is 5.47. The van der Waals surface area contributed by atoms with E-state index in [1.165, 1.54) is 0 Å². The molecule has 1 aromatic rings. The van der Waals surface area contributed by atoms with Gasteiger partial charge in [0.25, 0.3) is 0 Å². The molecule has 0 aromatic heterocycles. The van der Waals surface area contributed by atoms with E-state index in [0.29, 0.717) is 52.1 Å². The van der Waals surface area contributed by atoms with Crippen molar-refractivity contribution < 1.29 is 14.4 Å². The molecule has 0 N–H and O–H groups in total. The smallest absolute Gasteiger partial charge is 0.228 e. The SMILES string of the molecule is CCCCC(=O)N1CCN(C(=O)C2CC(=O)N(Cc3ccccc3)C2)CC1. The third kappa shape index (κ3) is 4.87. The van der Waals surface area contributed by atoms with Crippen molar-refractivity contribution in [2.45, 2.75) is 39.2 Å². The van der Waals surface area contributed by atoms with Crippen molar-refractivity contribution >= 4 is 17.7 Å². The van der Waals surface area contributed by atoms with E-state index in [1.807, 2.05) is 40.1 Å². The summed E-state index contributed by atoms with van der Waals surface area (Å²) in [5, 5.41) is 0. The topological polar surface area (TPSA) is 60.9 Å². The lowest BCUT2D eigenvalue weighted by molar-refractivity contribution is -0.142. The highest BCUT2D eigenvalue weighted by Gasteiger charge is 2.37. The quantitative estimate of drug-likeness (QED) is 0.767. The minimum Gasteiger partial charge on any atom is -0.339 e. The first-order valence-corrected chi connectivity index (χ1v) is 9.96. The number of unbranched alkanes of at least 4 members (excludes halogenated alkanes) is 1. The van der Waals surface area contributed by atoms with Gasteiger partial charge in [-0.25, -0.2) is 0 Å². The molecule has 0 bridgehead atoms. The second-order valence-corrected chi connectivity index (χ2v) is 7.47. The van der Waals surface area contributed by atoms with Crippen molar-refractivity contribution in [2.24, 2.45) is 5.92 Å².